The highest BCUT2D eigenvalue weighted by Gasteiger charge is 2.17. The van der Waals surface area contributed by atoms with Gasteiger partial charge in [-0.15, -0.1) is 11.3 Å². The number of carboxylic acid groups (broad SMARTS) is 1. The highest BCUT2D eigenvalue weighted by molar-refractivity contribution is 9.11. The summed E-state index contributed by atoms with van der Waals surface area (Å²) in [6, 6.07) is 1.38. The fraction of sp³-hybridized carbons (Fsp3) is 0. The van der Waals surface area contributed by atoms with E-state index in [2.05, 4.69) is 31.0 Å². The van der Waals surface area contributed by atoms with Gasteiger partial charge in [0.25, 0.3) is 5.56 Å². The number of nitrogens with one attached hydrogen (secondary N) is 1. The number of carboxylic acids is 1. The molecule has 0 unspecified atom stereocenters. The van der Waals surface area contributed by atoms with Crippen molar-refractivity contribution in [2.45, 2.75) is 0 Å². The summed E-state index contributed by atoms with van der Waals surface area (Å²) in [6.07, 6.45) is 3.02. The molecule has 0 fully saturated rings. The lowest BCUT2D eigenvalue weighted by Crippen LogP contribution is -2.07. The molecular formula is C12H5BrN4O3S. The number of hydrogen-bond acceptors (Lipinski definition) is 5. The van der Waals surface area contributed by atoms with Gasteiger partial charge in [-0.3, -0.25) is 9.78 Å². The van der Waals surface area contributed by atoms with Crippen LogP contribution in [0.4, 0.5) is 0 Å². The number of aromatic nitrogens is 4. The summed E-state index contributed by atoms with van der Waals surface area (Å²) in [5.41, 5.74) is 0.996. The van der Waals surface area contributed by atoms with E-state index in [-0.39, 0.29) is 11.1 Å². The number of H-pyrrole nitrogens is 1. The van der Waals surface area contributed by atoms with Gasteiger partial charge in [0.05, 0.1) is 21.1 Å². The second-order valence-corrected chi connectivity index (χ2v) is 6.80. The molecule has 4 aromatic rings. The third kappa shape index (κ3) is 1.71. The number of pyridine rings is 2. The monoisotopic (exact) mass is 364 g/mol. The Bertz CT molecular complexity index is 1110. The molecule has 4 heterocycles. The summed E-state index contributed by atoms with van der Waals surface area (Å²) in [6.45, 7) is 0. The molecule has 0 aliphatic carbocycles. The topological polar surface area (TPSA) is 100 Å². The second kappa shape index (κ2) is 4.12. The Balaban J connectivity index is 2.21. The van der Waals surface area contributed by atoms with Crippen LogP contribution in [-0.4, -0.2) is 30.7 Å². The molecule has 0 atom stereocenters. The van der Waals surface area contributed by atoms with Crippen LogP contribution in [0.3, 0.4) is 0 Å². The SMILES string of the molecule is O=C(O)c1cnc2c(c1)[nH]c(=O)c1c2nn2cc(Br)sc12. The molecule has 0 aliphatic rings. The lowest BCUT2D eigenvalue weighted by molar-refractivity contribution is 0.0696. The summed E-state index contributed by atoms with van der Waals surface area (Å²) in [7, 11) is 0. The number of nitrogens with zero attached hydrogens (tertiary/aromatic N) is 3. The number of carbonyl (C=O) groups is 1. The summed E-state index contributed by atoms with van der Waals surface area (Å²) in [5, 5.41) is 13.8. The number of fused-ring (bicyclic) bond motifs is 5. The van der Waals surface area contributed by atoms with Gasteiger partial charge in [-0.1, -0.05) is 0 Å². The average molecular weight is 365 g/mol. The first kappa shape index (κ1) is 12.5. The van der Waals surface area contributed by atoms with E-state index in [1.54, 1.807) is 10.7 Å². The summed E-state index contributed by atoms with van der Waals surface area (Å²) in [4.78, 5) is 30.8. The van der Waals surface area contributed by atoms with Gasteiger partial charge in [-0.25, -0.2) is 9.31 Å². The third-order valence-corrected chi connectivity index (χ3v) is 4.69. The van der Waals surface area contributed by atoms with Crippen LogP contribution >= 0.6 is 27.3 Å². The molecule has 104 valence electrons. The predicted molar refractivity (Wildman–Crippen MR) is 81.2 cm³/mol. The smallest absolute Gasteiger partial charge is 0.337 e. The van der Waals surface area contributed by atoms with Crippen LogP contribution in [0.5, 0.6) is 0 Å². The fourth-order valence-electron chi connectivity index (χ4n) is 2.24. The zero-order chi connectivity index (χ0) is 14.7. The van der Waals surface area contributed by atoms with Crippen molar-refractivity contribution >= 4 is 60.0 Å². The molecule has 9 heteroatoms. The van der Waals surface area contributed by atoms with E-state index in [0.717, 1.165) is 3.79 Å². The largest absolute Gasteiger partial charge is 0.478 e. The molecule has 0 saturated heterocycles. The van der Waals surface area contributed by atoms with E-state index in [4.69, 9.17) is 5.11 Å². The van der Waals surface area contributed by atoms with Crippen molar-refractivity contribution in [2.24, 2.45) is 0 Å². The van der Waals surface area contributed by atoms with Crippen LogP contribution in [-0.2, 0) is 0 Å². The molecule has 0 amide bonds. The summed E-state index contributed by atoms with van der Waals surface area (Å²) >= 11 is 4.75. The van der Waals surface area contributed by atoms with Crippen LogP contribution < -0.4 is 5.56 Å². The lowest BCUT2D eigenvalue weighted by Gasteiger charge is -1.99. The van der Waals surface area contributed by atoms with Crippen molar-refractivity contribution in [3.63, 3.8) is 0 Å². The van der Waals surface area contributed by atoms with Crippen LogP contribution in [0.25, 0.3) is 26.8 Å². The second-order valence-electron chi connectivity index (χ2n) is 4.39. The molecular weight excluding hydrogens is 360 g/mol. The fourth-order valence-corrected chi connectivity index (χ4v) is 3.71. The Hall–Kier alpha value is -2.26. The van der Waals surface area contributed by atoms with Crippen LogP contribution in [0, 0.1) is 0 Å². The van der Waals surface area contributed by atoms with E-state index in [1.807, 2.05) is 0 Å². The highest BCUT2D eigenvalue weighted by Crippen LogP contribution is 2.29. The van der Waals surface area contributed by atoms with Gasteiger partial charge in [0.1, 0.15) is 21.3 Å². The van der Waals surface area contributed by atoms with Crippen molar-refractivity contribution in [1.82, 2.24) is 19.6 Å². The average Bonchev–Trinajstić information content (AvgIpc) is 2.94. The number of hydrogen-bond donors (Lipinski definition) is 2. The lowest BCUT2D eigenvalue weighted by atomic mass is 10.2. The first-order chi connectivity index (χ1) is 10.0. The number of aromatic carboxylic acids is 1. The van der Waals surface area contributed by atoms with Crippen LogP contribution in [0.2, 0.25) is 0 Å². The van der Waals surface area contributed by atoms with Crippen LogP contribution in [0.15, 0.2) is 27.0 Å². The molecule has 2 N–H and O–H groups in total. The number of thiazole rings is 1. The minimum atomic E-state index is -1.10. The maximum Gasteiger partial charge on any atom is 0.337 e. The maximum atomic E-state index is 12.3. The normalized spacial score (nSPS) is 11.7. The molecule has 7 nitrogen and oxygen atoms in total. The molecule has 4 rings (SSSR count). The molecule has 0 radical (unpaired) electrons. The summed E-state index contributed by atoms with van der Waals surface area (Å²) in [5.74, 6) is -1.10. The molecule has 0 saturated carbocycles. The predicted octanol–water partition coefficient (Wildman–Crippen LogP) is 2.25. The Kier molecular flexibility index (Phi) is 2.45. The standard InChI is InChI=1S/C12H5BrN4O3S/c13-6-3-17-11(21-6)7-9(16-17)8-5(15-10(7)18)1-4(2-14-8)12(19)20/h1-3H,(H,15,18)(H,19,20). The zero-order valence-electron chi connectivity index (χ0n) is 10.1. The molecule has 0 bridgehead atoms. The minimum Gasteiger partial charge on any atom is -0.478 e. The highest BCUT2D eigenvalue weighted by atomic mass is 79.9. The first-order valence-electron chi connectivity index (χ1n) is 5.77. The van der Waals surface area contributed by atoms with Crippen molar-refractivity contribution < 1.29 is 9.90 Å². The molecule has 0 aliphatic heterocycles. The molecule has 21 heavy (non-hydrogen) atoms. The van der Waals surface area contributed by atoms with E-state index < -0.39 is 5.97 Å². The molecule has 0 spiro atoms. The van der Waals surface area contributed by atoms with Gasteiger partial charge < -0.3 is 10.1 Å². The van der Waals surface area contributed by atoms with Gasteiger partial charge >= 0.3 is 5.97 Å². The summed E-state index contributed by atoms with van der Waals surface area (Å²) < 4.78 is 2.47. The number of rotatable bonds is 1. The van der Waals surface area contributed by atoms with Crippen molar-refractivity contribution in [1.29, 1.82) is 0 Å². The maximum absolute atomic E-state index is 12.3. The van der Waals surface area contributed by atoms with Crippen molar-refractivity contribution in [2.75, 3.05) is 0 Å². The quantitative estimate of drug-likeness (QED) is 0.539. The van der Waals surface area contributed by atoms with Gasteiger partial charge in [-0.05, 0) is 22.0 Å². The Morgan fingerprint density at radius 3 is 3.00 bits per heavy atom. The van der Waals surface area contributed by atoms with Crippen molar-refractivity contribution in [3.05, 3.63) is 38.2 Å². The Labute approximate surface area is 128 Å². The first-order valence-corrected chi connectivity index (χ1v) is 7.38. The van der Waals surface area contributed by atoms with Gasteiger partial charge in [0.2, 0.25) is 0 Å². The van der Waals surface area contributed by atoms with Gasteiger partial charge in [0.15, 0.2) is 0 Å². The third-order valence-electron chi connectivity index (χ3n) is 3.12. The van der Waals surface area contributed by atoms with Crippen molar-refractivity contribution in [3.8, 4) is 0 Å². The Morgan fingerprint density at radius 2 is 2.24 bits per heavy atom. The van der Waals surface area contributed by atoms with E-state index in [0.29, 0.717) is 26.8 Å². The Morgan fingerprint density at radius 1 is 1.43 bits per heavy atom. The van der Waals surface area contributed by atoms with E-state index in [9.17, 15) is 9.59 Å². The van der Waals surface area contributed by atoms with E-state index >= 15 is 0 Å². The minimum absolute atomic E-state index is 0.0151. The van der Waals surface area contributed by atoms with Crippen LogP contribution in [0.1, 0.15) is 10.4 Å². The van der Waals surface area contributed by atoms with Gasteiger partial charge in [0, 0.05) is 6.20 Å². The van der Waals surface area contributed by atoms with Gasteiger partial charge in [-0.2, -0.15) is 5.10 Å². The zero-order valence-corrected chi connectivity index (χ0v) is 12.5. The number of halogens is 1. The van der Waals surface area contributed by atoms with E-state index in [1.165, 1.54) is 23.6 Å². The molecule has 0 aromatic carbocycles. The number of aromatic amines is 1. The molecule has 4 aromatic heterocycles.